The van der Waals surface area contributed by atoms with Gasteiger partial charge in [0.1, 0.15) is 0 Å². The Hall–Kier alpha value is -2.10. The Morgan fingerprint density at radius 2 is 1.81 bits per heavy atom. The number of carbonyl (C=O) groups is 2. The zero-order chi connectivity index (χ0) is 15.2. The minimum atomic E-state index is -0.567. The topological polar surface area (TPSA) is 46.6 Å². The van der Waals surface area contributed by atoms with Crippen molar-refractivity contribution < 1.29 is 14.3 Å². The Kier molecular flexibility index (Phi) is 5.14. The molecule has 0 aromatic heterocycles. The molecule has 2 rings (SSSR count). The third-order valence-corrected chi connectivity index (χ3v) is 3.43. The van der Waals surface area contributed by atoms with Gasteiger partial charge in [-0.1, -0.05) is 51.0 Å². The molecule has 1 saturated heterocycles. The molecule has 0 atom stereocenters. The highest BCUT2D eigenvalue weighted by atomic mass is 16.6. The van der Waals surface area contributed by atoms with Gasteiger partial charge in [-0.2, -0.15) is 0 Å². The number of hydrogen-bond acceptors (Lipinski definition) is 3. The predicted molar refractivity (Wildman–Crippen MR) is 81.5 cm³/mol. The summed E-state index contributed by atoms with van der Waals surface area (Å²) in [5, 5.41) is 0. The quantitative estimate of drug-likeness (QED) is 0.748. The largest absolute Gasteiger partial charge is 0.422 e. The number of benzene rings is 1. The molecule has 4 heteroatoms. The first-order chi connectivity index (χ1) is 10.2. The molecule has 1 aromatic carbocycles. The van der Waals surface area contributed by atoms with E-state index in [0.717, 1.165) is 31.2 Å². The van der Waals surface area contributed by atoms with Crippen molar-refractivity contribution in [2.24, 2.45) is 0 Å². The Labute approximate surface area is 125 Å². The number of nitrogens with zero attached hydrogens (tertiary/aromatic N) is 1. The van der Waals surface area contributed by atoms with Crippen molar-refractivity contribution in [2.75, 3.05) is 6.54 Å². The Morgan fingerprint density at radius 3 is 2.43 bits per heavy atom. The smallest absolute Gasteiger partial charge is 0.404 e. The molecule has 1 heterocycles. The first kappa shape index (κ1) is 15.3. The van der Waals surface area contributed by atoms with Gasteiger partial charge >= 0.3 is 6.09 Å². The van der Waals surface area contributed by atoms with Crippen molar-refractivity contribution in [3.63, 3.8) is 0 Å². The van der Waals surface area contributed by atoms with Crippen LogP contribution in [-0.2, 0) is 16.0 Å². The molecule has 0 aliphatic carbocycles. The number of hydrogen-bond donors (Lipinski definition) is 0. The molecule has 1 fully saturated rings. The Bertz CT molecular complexity index is 546. The summed E-state index contributed by atoms with van der Waals surface area (Å²) in [5.74, 6) is -0.231. The monoisotopic (exact) mass is 287 g/mol. The fraction of sp³-hybridized carbons (Fsp3) is 0.412. The van der Waals surface area contributed by atoms with Crippen molar-refractivity contribution in [1.29, 1.82) is 0 Å². The molecule has 4 nitrogen and oxygen atoms in total. The first-order valence-electron chi connectivity index (χ1n) is 7.50. The zero-order valence-corrected chi connectivity index (χ0v) is 12.6. The van der Waals surface area contributed by atoms with Crippen LogP contribution in [0.15, 0.2) is 30.0 Å². The summed E-state index contributed by atoms with van der Waals surface area (Å²) < 4.78 is 5.06. The van der Waals surface area contributed by atoms with Crippen LogP contribution in [0.1, 0.15) is 44.2 Å². The lowest BCUT2D eigenvalue weighted by molar-refractivity contribution is -0.123. The van der Waals surface area contributed by atoms with Gasteiger partial charge in [0, 0.05) is 6.54 Å². The standard InChI is InChI=1S/C17H21NO3/c1-3-5-11-18-16(19)15(21-17(18)20)12-14-9-7-13(6-4-2)8-10-14/h7-10,12H,3-6,11H2,1-2H3/b15-12-. The fourth-order valence-electron chi connectivity index (χ4n) is 2.23. The highest BCUT2D eigenvalue weighted by Gasteiger charge is 2.35. The van der Waals surface area contributed by atoms with E-state index >= 15 is 0 Å². The second kappa shape index (κ2) is 7.07. The number of cyclic esters (lactones) is 1. The van der Waals surface area contributed by atoms with Crippen LogP contribution in [0.25, 0.3) is 6.08 Å². The summed E-state index contributed by atoms with van der Waals surface area (Å²) in [7, 11) is 0. The molecule has 0 unspecified atom stereocenters. The summed E-state index contributed by atoms with van der Waals surface area (Å²) in [6.07, 6.45) is 4.91. The van der Waals surface area contributed by atoms with E-state index in [2.05, 4.69) is 6.92 Å². The lowest BCUT2D eigenvalue weighted by Gasteiger charge is -2.07. The Morgan fingerprint density at radius 1 is 1.10 bits per heavy atom. The van der Waals surface area contributed by atoms with Crippen LogP contribution in [0.4, 0.5) is 4.79 Å². The van der Waals surface area contributed by atoms with E-state index in [0.29, 0.717) is 6.54 Å². The summed E-state index contributed by atoms with van der Waals surface area (Å²) in [4.78, 5) is 24.9. The molecule has 2 amide bonds. The number of carbonyl (C=O) groups excluding carboxylic acids is 2. The molecule has 1 aliphatic heterocycles. The highest BCUT2D eigenvalue weighted by molar-refractivity contribution is 6.09. The zero-order valence-electron chi connectivity index (χ0n) is 12.6. The van der Waals surface area contributed by atoms with Crippen molar-refractivity contribution in [3.8, 4) is 0 Å². The van der Waals surface area contributed by atoms with Crippen LogP contribution in [0, 0.1) is 0 Å². The second-order valence-corrected chi connectivity index (χ2v) is 5.18. The van der Waals surface area contributed by atoms with Gasteiger partial charge in [0.25, 0.3) is 5.91 Å². The average molecular weight is 287 g/mol. The molecule has 0 bridgehead atoms. The summed E-state index contributed by atoms with van der Waals surface area (Å²) in [6, 6.07) is 7.94. The number of amides is 2. The molecular formula is C17H21NO3. The third kappa shape index (κ3) is 3.72. The fourth-order valence-corrected chi connectivity index (χ4v) is 2.23. The molecule has 1 aromatic rings. The molecule has 21 heavy (non-hydrogen) atoms. The predicted octanol–water partition coefficient (Wildman–Crippen LogP) is 3.76. The normalized spacial score (nSPS) is 16.7. The molecule has 0 radical (unpaired) electrons. The molecule has 0 N–H and O–H groups in total. The van der Waals surface area contributed by atoms with Gasteiger partial charge in [-0.05, 0) is 30.0 Å². The van der Waals surface area contributed by atoms with Gasteiger partial charge in [0.15, 0.2) is 5.76 Å². The number of aryl methyl sites for hydroxylation is 1. The number of imide groups is 1. The number of ether oxygens (including phenoxy) is 1. The van der Waals surface area contributed by atoms with E-state index in [1.807, 2.05) is 31.2 Å². The van der Waals surface area contributed by atoms with Crippen LogP contribution < -0.4 is 0 Å². The minimum Gasteiger partial charge on any atom is -0.404 e. The first-order valence-corrected chi connectivity index (χ1v) is 7.50. The van der Waals surface area contributed by atoms with Gasteiger partial charge in [0.2, 0.25) is 0 Å². The van der Waals surface area contributed by atoms with Crippen molar-refractivity contribution in [1.82, 2.24) is 4.90 Å². The van der Waals surface area contributed by atoms with Crippen LogP contribution in [-0.4, -0.2) is 23.4 Å². The van der Waals surface area contributed by atoms with E-state index in [1.165, 1.54) is 10.5 Å². The number of unbranched alkanes of at least 4 members (excludes halogenated alkanes) is 1. The van der Waals surface area contributed by atoms with E-state index in [1.54, 1.807) is 6.08 Å². The SMILES string of the molecule is CCCCN1C(=O)O/C(=C\c2ccc(CCC)cc2)C1=O. The van der Waals surface area contributed by atoms with Gasteiger partial charge in [0.05, 0.1) is 0 Å². The van der Waals surface area contributed by atoms with Gasteiger partial charge in [-0.3, -0.25) is 4.79 Å². The van der Waals surface area contributed by atoms with E-state index < -0.39 is 6.09 Å². The molecule has 112 valence electrons. The summed E-state index contributed by atoms with van der Waals surface area (Å²) in [5.41, 5.74) is 2.13. The maximum atomic E-state index is 12.1. The second-order valence-electron chi connectivity index (χ2n) is 5.18. The highest BCUT2D eigenvalue weighted by Crippen LogP contribution is 2.20. The lowest BCUT2D eigenvalue weighted by atomic mass is 10.1. The molecule has 1 aliphatic rings. The lowest BCUT2D eigenvalue weighted by Crippen LogP contribution is -2.29. The van der Waals surface area contributed by atoms with Crippen LogP contribution in [0.5, 0.6) is 0 Å². The van der Waals surface area contributed by atoms with E-state index in [9.17, 15) is 9.59 Å². The maximum Gasteiger partial charge on any atom is 0.422 e. The van der Waals surface area contributed by atoms with Gasteiger partial charge < -0.3 is 4.74 Å². The van der Waals surface area contributed by atoms with Crippen molar-refractivity contribution in [3.05, 3.63) is 41.2 Å². The van der Waals surface area contributed by atoms with Crippen LogP contribution >= 0.6 is 0 Å². The van der Waals surface area contributed by atoms with E-state index in [-0.39, 0.29) is 11.7 Å². The maximum absolute atomic E-state index is 12.1. The van der Waals surface area contributed by atoms with Crippen molar-refractivity contribution >= 4 is 18.1 Å². The molecular weight excluding hydrogens is 266 g/mol. The molecule has 0 spiro atoms. The minimum absolute atomic E-state index is 0.111. The third-order valence-electron chi connectivity index (χ3n) is 3.43. The van der Waals surface area contributed by atoms with Crippen LogP contribution in [0.3, 0.4) is 0 Å². The Balaban J connectivity index is 2.10. The molecule has 0 saturated carbocycles. The van der Waals surface area contributed by atoms with Crippen molar-refractivity contribution in [2.45, 2.75) is 39.5 Å². The summed E-state index contributed by atoms with van der Waals surface area (Å²) in [6.45, 7) is 4.57. The summed E-state index contributed by atoms with van der Waals surface area (Å²) >= 11 is 0. The average Bonchev–Trinajstić information content (AvgIpc) is 2.74. The van der Waals surface area contributed by atoms with E-state index in [4.69, 9.17) is 4.74 Å². The van der Waals surface area contributed by atoms with Crippen LogP contribution in [0.2, 0.25) is 0 Å². The van der Waals surface area contributed by atoms with Gasteiger partial charge in [-0.25, -0.2) is 9.69 Å². The number of rotatable bonds is 6. The van der Waals surface area contributed by atoms with Gasteiger partial charge in [-0.15, -0.1) is 0 Å².